The number of pyridine rings is 1. The number of benzene rings is 3. The molecule has 0 fully saturated rings. The van der Waals surface area contributed by atoms with Crippen molar-refractivity contribution in [2.24, 2.45) is 5.73 Å². The Morgan fingerprint density at radius 3 is 2.21 bits per heavy atom. The summed E-state index contributed by atoms with van der Waals surface area (Å²) < 4.78 is 22.0. The van der Waals surface area contributed by atoms with Crippen molar-refractivity contribution in [3.63, 3.8) is 0 Å². The van der Waals surface area contributed by atoms with Gasteiger partial charge in [0.25, 0.3) is 0 Å². The summed E-state index contributed by atoms with van der Waals surface area (Å²) in [5, 5.41) is 4.04. The number of carbonyl (C=O) groups is 2. The Labute approximate surface area is 226 Å². The van der Waals surface area contributed by atoms with Crippen molar-refractivity contribution in [3.8, 4) is 23.0 Å². The molecule has 0 unspecified atom stereocenters. The van der Waals surface area contributed by atoms with Gasteiger partial charge in [-0.25, -0.2) is 0 Å². The molecule has 1 atom stereocenters. The van der Waals surface area contributed by atoms with E-state index in [-0.39, 0.29) is 11.7 Å². The number of fused-ring (bicyclic) bond motifs is 1. The Balaban J connectivity index is 1.75. The highest BCUT2D eigenvalue weighted by atomic mass is 16.5. The third-order valence-corrected chi connectivity index (χ3v) is 6.26. The average molecular weight is 530 g/mol. The van der Waals surface area contributed by atoms with Gasteiger partial charge in [0.1, 0.15) is 5.75 Å². The Bertz CT molecular complexity index is 1460. The summed E-state index contributed by atoms with van der Waals surface area (Å²) in [6.07, 6.45) is 3.44. The molecular weight excluding hydrogens is 498 g/mol. The van der Waals surface area contributed by atoms with E-state index in [0.717, 1.165) is 5.56 Å². The van der Waals surface area contributed by atoms with Crippen LogP contribution in [0.3, 0.4) is 0 Å². The average Bonchev–Trinajstić information content (AvgIpc) is 2.97. The largest absolute Gasteiger partial charge is 0.493 e. The van der Waals surface area contributed by atoms with Crippen molar-refractivity contribution < 1.29 is 28.5 Å². The summed E-state index contributed by atoms with van der Waals surface area (Å²) in [6, 6.07) is 15.4. The molecule has 9 nitrogen and oxygen atoms in total. The highest BCUT2D eigenvalue weighted by Gasteiger charge is 2.23. The molecule has 202 valence electrons. The molecule has 0 aliphatic heterocycles. The number of carbonyl (C=O) groups excluding carboxylic acids is 2. The fourth-order valence-electron chi connectivity index (χ4n) is 4.35. The standard InChI is InChI=1S/C30H31N3O6/c1-5-39-24-12-11-20-21(27(24)33-30(35)23(31)13-18-9-7-6-8-10-18)16-32-17-22(20)28(34)19-14-25(36-2)29(38-4)26(15-19)37-3/h6-12,14-17,23H,5,13,31H2,1-4H3,(H,33,35)/t23-/m1/s1. The van der Waals surface area contributed by atoms with E-state index in [4.69, 9.17) is 24.7 Å². The number of rotatable bonds is 11. The first kappa shape index (κ1) is 27.4. The second kappa shape index (κ2) is 12.3. The fourth-order valence-corrected chi connectivity index (χ4v) is 4.35. The Hall–Kier alpha value is -4.63. The van der Waals surface area contributed by atoms with Crippen LogP contribution in [0.15, 0.2) is 67.0 Å². The summed E-state index contributed by atoms with van der Waals surface area (Å²) in [6.45, 7) is 2.22. The van der Waals surface area contributed by atoms with E-state index in [0.29, 0.717) is 63.6 Å². The lowest BCUT2D eigenvalue weighted by Gasteiger charge is -2.18. The van der Waals surface area contributed by atoms with Gasteiger partial charge in [-0.15, -0.1) is 0 Å². The number of nitrogens with two attached hydrogens (primary N) is 1. The van der Waals surface area contributed by atoms with Crippen molar-refractivity contribution in [1.82, 2.24) is 4.98 Å². The summed E-state index contributed by atoms with van der Waals surface area (Å²) in [4.78, 5) is 31.2. The molecule has 9 heteroatoms. The highest BCUT2D eigenvalue weighted by molar-refractivity contribution is 6.19. The molecule has 39 heavy (non-hydrogen) atoms. The molecule has 0 aliphatic rings. The topological polar surface area (TPSA) is 122 Å². The third-order valence-electron chi connectivity index (χ3n) is 6.26. The van der Waals surface area contributed by atoms with E-state index in [1.165, 1.54) is 27.5 Å². The van der Waals surface area contributed by atoms with E-state index in [1.807, 2.05) is 37.3 Å². The van der Waals surface area contributed by atoms with Gasteiger partial charge in [-0.2, -0.15) is 0 Å². The number of methoxy groups -OCH3 is 3. The van der Waals surface area contributed by atoms with E-state index >= 15 is 0 Å². The molecule has 0 radical (unpaired) electrons. The quantitative estimate of drug-likeness (QED) is 0.274. The van der Waals surface area contributed by atoms with E-state index in [9.17, 15) is 9.59 Å². The number of ether oxygens (including phenoxy) is 4. The van der Waals surface area contributed by atoms with Crippen LogP contribution in [0.1, 0.15) is 28.4 Å². The van der Waals surface area contributed by atoms with Crippen LogP contribution < -0.4 is 30.0 Å². The number of ketones is 1. The van der Waals surface area contributed by atoms with Crippen LogP contribution in [0.4, 0.5) is 5.69 Å². The van der Waals surface area contributed by atoms with Crippen molar-refractivity contribution in [2.45, 2.75) is 19.4 Å². The minimum atomic E-state index is -0.797. The predicted octanol–water partition coefficient (Wildman–Crippen LogP) is 4.40. The number of nitrogens with zero attached hydrogens (tertiary/aromatic N) is 1. The first-order chi connectivity index (χ1) is 18.9. The van der Waals surface area contributed by atoms with Gasteiger partial charge in [0.05, 0.1) is 39.7 Å². The van der Waals surface area contributed by atoms with Crippen LogP contribution in [0.5, 0.6) is 23.0 Å². The van der Waals surface area contributed by atoms with Crippen LogP contribution >= 0.6 is 0 Å². The van der Waals surface area contributed by atoms with Gasteiger partial charge in [0, 0.05) is 28.9 Å². The molecule has 3 aromatic carbocycles. The number of hydrogen-bond donors (Lipinski definition) is 2. The molecule has 0 aliphatic carbocycles. The van der Waals surface area contributed by atoms with Gasteiger partial charge >= 0.3 is 0 Å². The Kier molecular flexibility index (Phi) is 8.63. The Morgan fingerprint density at radius 2 is 1.59 bits per heavy atom. The molecule has 1 aromatic heterocycles. The molecule has 0 bridgehead atoms. The monoisotopic (exact) mass is 529 g/mol. The normalized spacial score (nSPS) is 11.5. The second-order valence-corrected chi connectivity index (χ2v) is 8.68. The van der Waals surface area contributed by atoms with Gasteiger partial charge in [-0.1, -0.05) is 30.3 Å². The smallest absolute Gasteiger partial charge is 0.241 e. The number of amides is 1. The molecule has 4 aromatic rings. The van der Waals surface area contributed by atoms with E-state index in [1.54, 1.807) is 30.5 Å². The zero-order valence-corrected chi connectivity index (χ0v) is 22.3. The number of aromatic nitrogens is 1. The second-order valence-electron chi connectivity index (χ2n) is 8.68. The molecule has 0 spiro atoms. The fraction of sp³-hybridized carbons (Fsp3) is 0.233. The lowest BCUT2D eigenvalue weighted by atomic mass is 9.97. The maximum absolute atomic E-state index is 13.7. The van der Waals surface area contributed by atoms with E-state index < -0.39 is 6.04 Å². The summed E-state index contributed by atoms with van der Waals surface area (Å²) in [7, 11) is 4.46. The SMILES string of the molecule is CCOc1ccc2c(C(=O)c3cc(OC)c(OC)c(OC)c3)cncc2c1NC(=O)[C@H](N)Cc1ccccc1. The maximum Gasteiger partial charge on any atom is 0.241 e. The summed E-state index contributed by atoms with van der Waals surface area (Å²) in [5.74, 6) is 0.846. The van der Waals surface area contributed by atoms with Crippen molar-refractivity contribution in [2.75, 3.05) is 33.3 Å². The van der Waals surface area contributed by atoms with Crippen molar-refractivity contribution in [3.05, 3.63) is 83.7 Å². The zero-order chi connectivity index (χ0) is 27.9. The minimum Gasteiger partial charge on any atom is -0.493 e. The predicted molar refractivity (Wildman–Crippen MR) is 149 cm³/mol. The zero-order valence-electron chi connectivity index (χ0n) is 22.3. The van der Waals surface area contributed by atoms with Crippen LogP contribution in [0, 0.1) is 0 Å². The lowest BCUT2D eigenvalue weighted by Crippen LogP contribution is -2.37. The van der Waals surface area contributed by atoms with Crippen molar-refractivity contribution >= 4 is 28.2 Å². The molecule has 0 saturated heterocycles. The van der Waals surface area contributed by atoms with Gasteiger partial charge in [-0.05, 0) is 48.6 Å². The minimum absolute atomic E-state index is 0.311. The van der Waals surface area contributed by atoms with Crippen LogP contribution in [0.25, 0.3) is 10.8 Å². The van der Waals surface area contributed by atoms with Crippen molar-refractivity contribution in [1.29, 1.82) is 0 Å². The molecule has 1 amide bonds. The van der Waals surface area contributed by atoms with Crippen LogP contribution in [0.2, 0.25) is 0 Å². The number of nitrogens with one attached hydrogen (secondary N) is 1. The first-order valence-corrected chi connectivity index (χ1v) is 12.4. The van der Waals surface area contributed by atoms with Gasteiger partial charge in [0.15, 0.2) is 17.3 Å². The van der Waals surface area contributed by atoms with Crippen LogP contribution in [-0.4, -0.2) is 50.7 Å². The molecule has 3 N–H and O–H groups in total. The number of hydrogen-bond acceptors (Lipinski definition) is 8. The highest BCUT2D eigenvalue weighted by Crippen LogP contribution is 2.40. The van der Waals surface area contributed by atoms with Crippen LogP contribution in [-0.2, 0) is 11.2 Å². The third kappa shape index (κ3) is 5.78. The van der Waals surface area contributed by atoms with Gasteiger partial charge in [-0.3, -0.25) is 14.6 Å². The molecular formula is C30H31N3O6. The first-order valence-electron chi connectivity index (χ1n) is 12.4. The lowest BCUT2D eigenvalue weighted by molar-refractivity contribution is -0.117. The molecule has 0 saturated carbocycles. The number of anilines is 1. The molecule has 1 heterocycles. The summed E-state index contributed by atoms with van der Waals surface area (Å²) in [5.41, 5.74) is 8.24. The maximum atomic E-state index is 13.7. The van der Waals surface area contributed by atoms with Gasteiger partial charge in [0.2, 0.25) is 11.7 Å². The molecule has 4 rings (SSSR count). The Morgan fingerprint density at radius 1 is 0.897 bits per heavy atom. The van der Waals surface area contributed by atoms with E-state index in [2.05, 4.69) is 10.3 Å². The summed E-state index contributed by atoms with van der Waals surface area (Å²) >= 11 is 0. The van der Waals surface area contributed by atoms with Gasteiger partial charge < -0.3 is 30.0 Å².